The molecule has 22 heavy (non-hydrogen) atoms. The van der Waals surface area contributed by atoms with Gasteiger partial charge in [0.15, 0.2) is 0 Å². The van der Waals surface area contributed by atoms with Gasteiger partial charge < -0.3 is 10.4 Å². The fourth-order valence-electron chi connectivity index (χ4n) is 2.06. The molecule has 1 aromatic heterocycles. The molecule has 2 N–H and O–H groups in total. The number of aromatic nitrogens is 1. The number of carbonyl (C=O) groups excluding carboxylic acids is 1. The SMILES string of the molecule is O=C(O)CCc1cccc(NC(=O)CCCc2nccs2)c1. The Morgan fingerprint density at radius 3 is 2.82 bits per heavy atom. The average molecular weight is 318 g/mol. The van der Waals surface area contributed by atoms with Gasteiger partial charge in [-0.3, -0.25) is 9.59 Å². The Morgan fingerprint density at radius 1 is 1.23 bits per heavy atom. The summed E-state index contributed by atoms with van der Waals surface area (Å²) >= 11 is 1.60. The molecule has 0 aliphatic heterocycles. The Morgan fingerprint density at radius 2 is 2.09 bits per heavy atom. The Labute approximate surface area is 133 Å². The predicted octanol–water partition coefficient (Wildman–Crippen LogP) is 3.12. The fraction of sp³-hybridized carbons (Fsp3) is 0.312. The Bertz CT molecular complexity index is 626. The molecule has 0 unspecified atom stereocenters. The molecule has 1 heterocycles. The van der Waals surface area contributed by atoms with Crippen molar-refractivity contribution in [2.24, 2.45) is 0 Å². The lowest BCUT2D eigenvalue weighted by atomic mass is 10.1. The van der Waals surface area contributed by atoms with E-state index < -0.39 is 5.97 Å². The van der Waals surface area contributed by atoms with Crippen LogP contribution in [0.1, 0.15) is 29.8 Å². The van der Waals surface area contributed by atoms with E-state index in [2.05, 4.69) is 10.3 Å². The number of thiazole rings is 1. The molecule has 0 saturated carbocycles. The van der Waals surface area contributed by atoms with E-state index in [1.807, 2.05) is 29.6 Å². The van der Waals surface area contributed by atoms with E-state index >= 15 is 0 Å². The molecule has 0 radical (unpaired) electrons. The van der Waals surface area contributed by atoms with Crippen LogP contribution in [0.25, 0.3) is 0 Å². The summed E-state index contributed by atoms with van der Waals surface area (Å²) in [5, 5.41) is 14.5. The second-order valence-corrected chi connectivity index (χ2v) is 5.90. The van der Waals surface area contributed by atoms with Crippen molar-refractivity contribution in [1.82, 2.24) is 4.98 Å². The van der Waals surface area contributed by atoms with Gasteiger partial charge in [0.1, 0.15) is 0 Å². The molecule has 2 rings (SSSR count). The fourth-order valence-corrected chi connectivity index (χ4v) is 2.72. The van der Waals surface area contributed by atoms with Crippen LogP contribution in [0.5, 0.6) is 0 Å². The molecule has 2 aromatic rings. The third-order valence-corrected chi connectivity index (χ3v) is 3.96. The molecule has 0 bridgehead atoms. The summed E-state index contributed by atoms with van der Waals surface area (Å²) in [4.78, 5) is 26.7. The topological polar surface area (TPSA) is 79.3 Å². The normalized spacial score (nSPS) is 10.4. The van der Waals surface area contributed by atoms with Gasteiger partial charge in [-0.05, 0) is 37.0 Å². The van der Waals surface area contributed by atoms with Crippen LogP contribution < -0.4 is 5.32 Å². The van der Waals surface area contributed by atoms with E-state index in [9.17, 15) is 9.59 Å². The number of carboxylic acid groups (broad SMARTS) is 1. The number of benzene rings is 1. The number of hydrogen-bond acceptors (Lipinski definition) is 4. The molecule has 6 heteroatoms. The van der Waals surface area contributed by atoms with Crippen LogP contribution >= 0.6 is 11.3 Å². The highest BCUT2D eigenvalue weighted by molar-refractivity contribution is 7.09. The first-order valence-corrected chi connectivity index (χ1v) is 8.00. The third kappa shape index (κ3) is 5.65. The van der Waals surface area contributed by atoms with Crippen molar-refractivity contribution in [3.63, 3.8) is 0 Å². The molecule has 1 aromatic carbocycles. The van der Waals surface area contributed by atoms with Gasteiger partial charge in [0, 0.05) is 30.1 Å². The van der Waals surface area contributed by atoms with Gasteiger partial charge in [0.2, 0.25) is 5.91 Å². The van der Waals surface area contributed by atoms with E-state index in [0.717, 1.165) is 23.4 Å². The van der Waals surface area contributed by atoms with E-state index in [1.54, 1.807) is 17.5 Å². The number of rotatable bonds is 8. The number of carboxylic acids is 1. The highest BCUT2D eigenvalue weighted by Crippen LogP contribution is 2.14. The number of aryl methyl sites for hydroxylation is 2. The van der Waals surface area contributed by atoms with Crippen molar-refractivity contribution in [1.29, 1.82) is 0 Å². The number of nitrogens with one attached hydrogen (secondary N) is 1. The van der Waals surface area contributed by atoms with E-state index in [0.29, 0.717) is 18.5 Å². The molecule has 116 valence electrons. The molecule has 0 aliphatic carbocycles. The van der Waals surface area contributed by atoms with Crippen LogP contribution in [0.2, 0.25) is 0 Å². The van der Waals surface area contributed by atoms with Gasteiger partial charge in [0.05, 0.1) is 5.01 Å². The third-order valence-electron chi connectivity index (χ3n) is 3.12. The molecule has 0 fully saturated rings. The van der Waals surface area contributed by atoms with Gasteiger partial charge in [-0.25, -0.2) is 4.98 Å². The number of hydrogen-bond donors (Lipinski definition) is 2. The van der Waals surface area contributed by atoms with Crippen molar-refractivity contribution < 1.29 is 14.7 Å². The number of aliphatic carboxylic acids is 1. The zero-order valence-corrected chi connectivity index (χ0v) is 12.9. The number of carbonyl (C=O) groups is 2. The highest BCUT2D eigenvalue weighted by Gasteiger charge is 2.05. The smallest absolute Gasteiger partial charge is 0.303 e. The summed E-state index contributed by atoms with van der Waals surface area (Å²) in [6.07, 6.45) is 4.33. The van der Waals surface area contributed by atoms with Crippen LogP contribution in [0.3, 0.4) is 0 Å². The maximum Gasteiger partial charge on any atom is 0.303 e. The van der Waals surface area contributed by atoms with Gasteiger partial charge in [0.25, 0.3) is 0 Å². The lowest BCUT2D eigenvalue weighted by molar-refractivity contribution is -0.137. The second kappa shape index (κ2) is 8.29. The molecule has 0 atom stereocenters. The summed E-state index contributed by atoms with van der Waals surface area (Å²) in [5.74, 6) is -0.858. The zero-order chi connectivity index (χ0) is 15.8. The van der Waals surface area contributed by atoms with Crippen LogP contribution in [-0.2, 0) is 22.4 Å². The predicted molar refractivity (Wildman–Crippen MR) is 86.1 cm³/mol. The van der Waals surface area contributed by atoms with E-state index in [4.69, 9.17) is 5.11 Å². The van der Waals surface area contributed by atoms with Crippen molar-refractivity contribution in [2.45, 2.75) is 32.1 Å². The van der Waals surface area contributed by atoms with Gasteiger partial charge in [-0.1, -0.05) is 12.1 Å². The van der Waals surface area contributed by atoms with Crippen molar-refractivity contribution in [3.8, 4) is 0 Å². The number of amides is 1. The number of nitrogens with zero attached hydrogens (tertiary/aromatic N) is 1. The largest absolute Gasteiger partial charge is 0.481 e. The highest BCUT2D eigenvalue weighted by atomic mass is 32.1. The van der Waals surface area contributed by atoms with Crippen molar-refractivity contribution >= 4 is 28.9 Å². The lowest BCUT2D eigenvalue weighted by Crippen LogP contribution is -2.11. The summed E-state index contributed by atoms with van der Waals surface area (Å²) in [6, 6.07) is 7.31. The first kappa shape index (κ1) is 16.2. The van der Waals surface area contributed by atoms with Crippen LogP contribution in [-0.4, -0.2) is 22.0 Å². The molecule has 5 nitrogen and oxygen atoms in total. The first-order valence-electron chi connectivity index (χ1n) is 7.12. The van der Waals surface area contributed by atoms with Crippen LogP contribution in [0.4, 0.5) is 5.69 Å². The standard InChI is InChI=1S/C16H18N2O3S/c19-14(5-2-6-15-17-9-10-22-15)18-13-4-1-3-12(11-13)7-8-16(20)21/h1,3-4,9-11H,2,5-8H2,(H,18,19)(H,20,21). The molecule has 1 amide bonds. The summed E-state index contributed by atoms with van der Waals surface area (Å²) in [7, 11) is 0. The van der Waals surface area contributed by atoms with Gasteiger partial charge in [-0.15, -0.1) is 11.3 Å². The zero-order valence-electron chi connectivity index (χ0n) is 12.1. The Balaban J connectivity index is 1.78. The van der Waals surface area contributed by atoms with E-state index in [-0.39, 0.29) is 12.3 Å². The van der Waals surface area contributed by atoms with Gasteiger partial charge >= 0.3 is 5.97 Å². The summed E-state index contributed by atoms with van der Waals surface area (Å²) < 4.78 is 0. The van der Waals surface area contributed by atoms with Crippen molar-refractivity contribution in [3.05, 3.63) is 46.4 Å². The summed E-state index contributed by atoms with van der Waals surface area (Å²) in [6.45, 7) is 0. The maximum atomic E-state index is 11.9. The van der Waals surface area contributed by atoms with E-state index in [1.165, 1.54) is 0 Å². The molecular formula is C16H18N2O3S. The molecule has 0 saturated heterocycles. The van der Waals surface area contributed by atoms with Gasteiger partial charge in [-0.2, -0.15) is 0 Å². The lowest BCUT2D eigenvalue weighted by Gasteiger charge is -2.07. The van der Waals surface area contributed by atoms with Crippen LogP contribution in [0, 0.1) is 0 Å². The van der Waals surface area contributed by atoms with Crippen LogP contribution in [0.15, 0.2) is 35.8 Å². The minimum atomic E-state index is -0.823. The quantitative estimate of drug-likeness (QED) is 0.784. The minimum Gasteiger partial charge on any atom is -0.481 e. The Kier molecular flexibility index (Phi) is 6.09. The number of anilines is 1. The maximum absolute atomic E-state index is 11.9. The monoisotopic (exact) mass is 318 g/mol. The summed E-state index contributed by atoms with van der Waals surface area (Å²) in [5.41, 5.74) is 1.62. The second-order valence-electron chi connectivity index (χ2n) is 4.92. The molecule has 0 aliphatic rings. The average Bonchev–Trinajstić information content (AvgIpc) is 2.99. The Hall–Kier alpha value is -2.21. The first-order chi connectivity index (χ1) is 10.6. The molecule has 0 spiro atoms. The molecular weight excluding hydrogens is 300 g/mol. The van der Waals surface area contributed by atoms with Crippen molar-refractivity contribution in [2.75, 3.05) is 5.32 Å². The minimum absolute atomic E-state index is 0.0352.